The molecule has 0 radical (unpaired) electrons. The van der Waals surface area contributed by atoms with Gasteiger partial charge in [0.05, 0.1) is 5.75 Å². The monoisotopic (exact) mass is 221 g/mol. The van der Waals surface area contributed by atoms with Gasteiger partial charge in [0.25, 0.3) is 0 Å². The van der Waals surface area contributed by atoms with Crippen molar-refractivity contribution in [3.63, 3.8) is 0 Å². The minimum atomic E-state index is -3.27. The molecule has 0 aromatic carbocycles. The normalized spacial score (nSPS) is 13.1. The number of hydrogen-bond acceptors (Lipinski definition) is 2. The van der Waals surface area contributed by atoms with Crippen LogP contribution in [0.5, 0.6) is 0 Å². The zero-order valence-corrected chi connectivity index (χ0v) is 10.4. The van der Waals surface area contributed by atoms with Crippen molar-refractivity contribution in [2.24, 2.45) is 10.6 Å². The Morgan fingerprint density at radius 3 is 2.07 bits per heavy atom. The molecule has 3 nitrogen and oxygen atoms in total. The van der Waals surface area contributed by atoms with E-state index in [4.69, 9.17) is 5.14 Å². The zero-order chi connectivity index (χ0) is 11.2. The lowest BCUT2D eigenvalue weighted by Crippen LogP contribution is -2.19. The quantitative estimate of drug-likeness (QED) is 0.717. The Kier molecular flexibility index (Phi) is 5.67. The van der Waals surface area contributed by atoms with Gasteiger partial charge in [0.15, 0.2) is 0 Å². The SMILES string of the molecule is CCCCC(C)(C)CCCS(N)(=O)=O. The average molecular weight is 221 g/mol. The number of sulfonamides is 1. The summed E-state index contributed by atoms with van der Waals surface area (Å²) in [6, 6.07) is 0. The number of rotatable bonds is 7. The predicted molar refractivity (Wildman–Crippen MR) is 60.5 cm³/mol. The van der Waals surface area contributed by atoms with Gasteiger partial charge in [-0.1, -0.05) is 33.6 Å². The maximum absolute atomic E-state index is 10.7. The summed E-state index contributed by atoms with van der Waals surface area (Å²) in [5, 5.41) is 4.94. The minimum absolute atomic E-state index is 0.114. The molecule has 0 saturated carbocycles. The first-order chi connectivity index (χ1) is 6.27. The van der Waals surface area contributed by atoms with Gasteiger partial charge in [0, 0.05) is 0 Å². The fourth-order valence-corrected chi connectivity index (χ4v) is 2.08. The number of hydrogen-bond donors (Lipinski definition) is 1. The Labute approximate surface area is 88.1 Å². The molecular weight excluding hydrogens is 198 g/mol. The van der Waals surface area contributed by atoms with E-state index in [2.05, 4.69) is 20.8 Å². The van der Waals surface area contributed by atoms with Crippen molar-refractivity contribution in [2.45, 2.75) is 52.9 Å². The Morgan fingerprint density at radius 2 is 1.64 bits per heavy atom. The van der Waals surface area contributed by atoms with Crippen molar-refractivity contribution in [3.05, 3.63) is 0 Å². The lowest BCUT2D eigenvalue weighted by molar-refractivity contribution is 0.295. The van der Waals surface area contributed by atoms with Crippen LogP contribution in [0.4, 0.5) is 0 Å². The summed E-state index contributed by atoms with van der Waals surface area (Å²) in [5.41, 5.74) is 0.251. The van der Waals surface area contributed by atoms with Gasteiger partial charge in [0.2, 0.25) is 10.0 Å². The highest BCUT2D eigenvalue weighted by molar-refractivity contribution is 7.89. The molecule has 0 aliphatic carbocycles. The van der Waals surface area contributed by atoms with Crippen LogP contribution < -0.4 is 5.14 Å². The fourth-order valence-electron chi connectivity index (χ4n) is 1.53. The molecule has 4 heteroatoms. The van der Waals surface area contributed by atoms with Crippen molar-refractivity contribution in [2.75, 3.05) is 5.75 Å². The second-order valence-corrected chi connectivity index (χ2v) is 6.47. The number of nitrogens with two attached hydrogens (primary N) is 1. The molecule has 0 aliphatic heterocycles. The molecule has 0 aromatic rings. The molecule has 14 heavy (non-hydrogen) atoms. The molecule has 2 N–H and O–H groups in total. The lowest BCUT2D eigenvalue weighted by Gasteiger charge is -2.23. The van der Waals surface area contributed by atoms with Gasteiger partial charge in [-0.2, -0.15) is 0 Å². The molecule has 0 atom stereocenters. The van der Waals surface area contributed by atoms with E-state index in [-0.39, 0.29) is 11.2 Å². The number of unbranched alkanes of at least 4 members (excludes halogenated alkanes) is 1. The van der Waals surface area contributed by atoms with Gasteiger partial charge in [-0.05, 0) is 24.7 Å². The van der Waals surface area contributed by atoms with Crippen molar-refractivity contribution in [1.82, 2.24) is 0 Å². The summed E-state index contributed by atoms with van der Waals surface area (Å²) >= 11 is 0. The van der Waals surface area contributed by atoms with Crippen LogP contribution >= 0.6 is 0 Å². The zero-order valence-electron chi connectivity index (χ0n) is 9.54. The van der Waals surface area contributed by atoms with Gasteiger partial charge in [0.1, 0.15) is 0 Å². The molecule has 0 rings (SSSR count). The third kappa shape index (κ3) is 8.51. The van der Waals surface area contributed by atoms with Crippen LogP contribution in [0.25, 0.3) is 0 Å². The standard InChI is InChI=1S/C10H23NO2S/c1-4-5-7-10(2,3)8-6-9-14(11,12)13/h4-9H2,1-3H3,(H2,11,12,13). The molecule has 0 saturated heterocycles. The molecule has 0 spiro atoms. The highest BCUT2D eigenvalue weighted by Crippen LogP contribution is 2.28. The first-order valence-electron chi connectivity index (χ1n) is 5.27. The van der Waals surface area contributed by atoms with Crippen LogP contribution in [0.15, 0.2) is 0 Å². The van der Waals surface area contributed by atoms with Gasteiger partial charge >= 0.3 is 0 Å². The van der Waals surface area contributed by atoms with E-state index in [0.29, 0.717) is 6.42 Å². The third-order valence-electron chi connectivity index (χ3n) is 2.49. The Morgan fingerprint density at radius 1 is 1.14 bits per heavy atom. The van der Waals surface area contributed by atoms with Crippen molar-refractivity contribution in [1.29, 1.82) is 0 Å². The highest BCUT2D eigenvalue weighted by atomic mass is 32.2. The molecule has 0 heterocycles. The largest absolute Gasteiger partial charge is 0.229 e. The summed E-state index contributed by atoms with van der Waals surface area (Å²) in [4.78, 5) is 0. The van der Waals surface area contributed by atoms with E-state index in [1.807, 2.05) is 0 Å². The fraction of sp³-hybridized carbons (Fsp3) is 1.00. The minimum Gasteiger partial charge on any atom is -0.229 e. The first kappa shape index (κ1) is 13.9. The van der Waals surface area contributed by atoms with E-state index < -0.39 is 10.0 Å². The molecular formula is C10H23NO2S. The average Bonchev–Trinajstić information content (AvgIpc) is 1.98. The molecule has 86 valence electrons. The molecule has 0 fully saturated rings. The van der Waals surface area contributed by atoms with Gasteiger partial charge in [-0.3, -0.25) is 0 Å². The van der Waals surface area contributed by atoms with Crippen molar-refractivity contribution in [3.8, 4) is 0 Å². The third-order valence-corrected chi connectivity index (χ3v) is 3.35. The van der Waals surface area contributed by atoms with Crippen molar-refractivity contribution < 1.29 is 8.42 Å². The smallest absolute Gasteiger partial charge is 0.209 e. The topological polar surface area (TPSA) is 60.2 Å². The van der Waals surface area contributed by atoms with Crippen LogP contribution in [-0.2, 0) is 10.0 Å². The van der Waals surface area contributed by atoms with Crippen LogP contribution in [0.3, 0.4) is 0 Å². The maximum Gasteiger partial charge on any atom is 0.209 e. The summed E-state index contributed by atoms with van der Waals surface area (Å²) in [6.45, 7) is 6.54. The molecule has 0 aromatic heterocycles. The van der Waals surface area contributed by atoms with Crippen LogP contribution in [-0.4, -0.2) is 14.2 Å². The van der Waals surface area contributed by atoms with Crippen LogP contribution in [0, 0.1) is 5.41 Å². The summed E-state index contributed by atoms with van der Waals surface area (Å²) in [7, 11) is -3.27. The molecule has 0 bridgehead atoms. The summed E-state index contributed by atoms with van der Waals surface area (Å²) in [6.07, 6.45) is 5.17. The van der Waals surface area contributed by atoms with E-state index in [0.717, 1.165) is 12.8 Å². The Bertz CT molecular complexity index is 245. The summed E-state index contributed by atoms with van der Waals surface area (Å²) in [5.74, 6) is 0.114. The second-order valence-electron chi connectivity index (χ2n) is 4.74. The summed E-state index contributed by atoms with van der Waals surface area (Å²) < 4.78 is 21.4. The van der Waals surface area contributed by atoms with Crippen LogP contribution in [0.2, 0.25) is 0 Å². The maximum atomic E-state index is 10.7. The van der Waals surface area contributed by atoms with E-state index in [1.165, 1.54) is 12.8 Å². The Hall–Kier alpha value is -0.0900. The second kappa shape index (κ2) is 5.71. The molecule has 0 amide bonds. The van der Waals surface area contributed by atoms with E-state index >= 15 is 0 Å². The number of primary sulfonamides is 1. The van der Waals surface area contributed by atoms with Gasteiger partial charge in [-0.25, -0.2) is 13.6 Å². The highest BCUT2D eigenvalue weighted by Gasteiger charge is 2.17. The molecule has 0 unspecified atom stereocenters. The Balaban J connectivity index is 3.76. The van der Waals surface area contributed by atoms with Gasteiger partial charge in [-0.15, -0.1) is 0 Å². The van der Waals surface area contributed by atoms with E-state index in [9.17, 15) is 8.42 Å². The first-order valence-corrected chi connectivity index (χ1v) is 6.99. The lowest BCUT2D eigenvalue weighted by atomic mass is 9.83. The predicted octanol–water partition coefficient (Wildman–Crippen LogP) is 2.27. The van der Waals surface area contributed by atoms with E-state index in [1.54, 1.807) is 0 Å². The molecule has 0 aliphatic rings. The van der Waals surface area contributed by atoms with Gasteiger partial charge < -0.3 is 0 Å². The van der Waals surface area contributed by atoms with Crippen molar-refractivity contribution >= 4 is 10.0 Å². The van der Waals surface area contributed by atoms with Crippen LogP contribution in [0.1, 0.15) is 52.9 Å².